The Balaban J connectivity index is 1.25. The number of nitrogens with zero attached hydrogens (tertiary/aromatic N) is 2. The number of H-pyrrole nitrogens is 1. The van der Waals surface area contributed by atoms with E-state index >= 15 is 0 Å². The van der Waals surface area contributed by atoms with E-state index in [0.29, 0.717) is 18.5 Å². The molecule has 3 aromatic rings. The summed E-state index contributed by atoms with van der Waals surface area (Å²) >= 11 is 0. The standard InChI is InChI=1S/C28H37N5O/c1-3-24-25-17-21(4-5-26(25)32-28(24)22-6-13-30-19(2)16-22)20-9-14-33(15-10-20)18-27(34)31-23-7-11-29-12-8-23/h4-6,13,16-17,20,23,29,32H,3,7-12,14-15,18H2,1-2H3,(H,31,34). The summed E-state index contributed by atoms with van der Waals surface area (Å²) in [7, 11) is 0. The highest BCUT2D eigenvalue weighted by Gasteiger charge is 2.24. The molecule has 2 saturated heterocycles. The summed E-state index contributed by atoms with van der Waals surface area (Å²) in [6.45, 7) is 8.79. The topological polar surface area (TPSA) is 73.0 Å². The highest BCUT2D eigenvalue weighted by atomic mass is 16.2. The van der Waals surface area contributed by atoms with E-state index in [1.165, 1.54) is 33.3 Å². The Kier molecular flexibility index (Phi) is 6.97. The van der Waals surface area contributed by atoms with Crippen LogP contribution in [0.15, 0.2) is 36.5 Å². The monoisotopic (exact) mass is 459 g/mol. The molecule has 0 spiro atoms. The molecule has 2 fully saturated rings. The lowest BCUT2D eigenvalue weighted by molar-refractivity contribution is -0.123. The summed E-state index contributed by atoms with van der Waals surface area (Å²) in [6, 6.07) is 11.5. The van der Waals surface area contributed by atoms with E-state index in [4.69, 9.17) is 0 Å². The van der Waals surface area contributed by atoms with Gasteiger partial charge in [0, 0.05) is 40.1 Å². The average Bonchev–Trinajstić information content (AvgIpc) is 3.23. The Bertz CT molecular complexity index is 1140. The smallest absolute Gasteiger partial charge is 0.234 e. The van der Waals surface area contributed by atoms with E-state index in [0.717, 1.165) is 64.0 Å². The minimum Gasteiger partial charge on any atom is -0.354 e. The number of aryl methyl sites for hydroxylation is 2. The number of rotatable bonds is 6. The highest BCUT2D eigenvalue weighted by Crippen LogP contribution is 2.35. The average molecular weight is 460 g/mol. The van der Waals surface area contributed by atoms with Gasteiger partial charge < -0.3 is 15.6 Å². The van der Waals surface area contributed by atoms with Crippen LogP contribution in [0, 0.1) is 6.92 Å². The second-order valence-electron chi connectivity index (χ2n) is 9.97. The molecule has 34 heavy (non-hydrogen) atoms. The number of likely N-dealkylation sites (tertiary alicyclic amines) is 1. The third kappa shape index (κ3) is 5.03. The largest absolute Gasteiger partial charge is 0.354 e. The molecule has 0 radical (unpaired) electrons. The van der Waals surface area contributed by atoms with E-state index in [2.05, 4.69) is 62.8 Å². The Hall–Kier alpha value is -2.70. The maximum absolute atomic E-state index is 12.5. The van der Waals surface area contributed by atoms with Gasteiger partial charge in [-0.3, -0.25) is 14.7 Å². The van der Waals surface area contributed by atoms with Gasteiger partial charge in [-0.2, -0.15) is 0 Å². The van der Waals surface area contributed by atoms with Crippen molar-refractivity contribution in [3.8, 4) is 11.3 Å². The second kappa shape index (κ2) is 10.3. The molecule has 0 unspecified atom stereocenters. The minimum atomic E-state index is 0.186. The van der Waals surface area contributed by atoms with Gasteiger partial charge in [0.1, 0.15) is 0 Å². The van der Waals surface area contributed by atoms with Gasteiger partial charge in [0.25, 0.3) is 0 Å². The molecule has 1 aromatic carbocycles. The summed E-state index contributed by atoms with van der Waals surface area (Å²) in [6.07, 6.45) is 7.17. The zero-order valence-electron chi connectivity index (χ0n) is 20.5. The van der Waals surface area contributed by atoms with Crippen molar-refractivity contribution >= 4 is 16.8 Å². The van der Waals surface area contributed by atoms with Gasteiger partial charge in [-0.15, -0.1) is 0 Å². The maximum atomic E-state index is 12.5. The summed E-state index contributed by atoms with van der Waals surface area (Å²) < 4.78 is 0. The second-order valence-corrected chi connectivity index (χ2v) is 9.97. The third-order valence-corrected chi connectivity index (χ3v) is 7.60. The van der Waals surface area contributed by atoms with Crippen molar-refractivity contribution in [3.63, 3.8) is 0 Å². The summed E-state index contributed by atoms with van der Waals surface area (Å²) in [5, 5.41) is 7.93. The molecule has 2 aliphatic heterocycles. The number of hydrogen-bond donors (Lipinski definition) is 3. The minimum absolute atomic E-state index is 0.186. The number of piperidine rings is 2. The number of benzene rings is 1. The first-order valence-corrected chi connectivity index (χ1v) is 12.9. The molecule has 4 heterocycles. The van der Waals surface area contributed by atoms with Crippen LogP contribution in [0.25, 0.3) is 22.2 Å². The molecule has 5 rings (SSSR count). The molecule has 3 N–H and O–H groups in total. The van der Waals surface area contributed by atoms with E-state index in [1.54, 1.807) is 0 Å². The van der Waals surface area contributed by atoms with Crippen LogP contribution in [0.1, 0.15) is 55.3 Å². The number of amides is 1. The lowest BCUT2D eigenvalue weighted by atomic mass is 9.88. The lowest BCUT2D eigenvalue weighted by Crippen LogP contribution is -2.47. The van der Waals surface area contributed by atoms with Crippen LogP contribution in [0.2, 0.25) is 0 Å². The fourth-order valence-electron chi connectivity index (χ4n) is 5.70. The van der Waals surface area contributed by atoms with Crippen molar-refractivity contribution < 1.29 is 4.79 Å². The molecular formula is C28H37N5O. The van der Waals surface area contributed by atoms with Crippen LogP contribution in [0.4, 0.5) is 0 Å². The number of hydrogen-bond acceptors (Lipinski definition) is 4. The number of pyridine rings is 1. The van der Waals surface area contributed by atoms with Gasteiger partial charge in [0.15, 0.2) is 0 Å². The lowest BCUT2D eigenvalue weighted by Gasteiger charge is -2.32. The fourth-order valence-corrected chi connectivity index (χ4v) is 5.70. The van der Waals surface area contributed by atoms with Crippen molar-refractivity contribution in [1.82, 2.24) is 25.5 Å². The Morgan fingerprint density at radius 1 is 1.12 bits per heavy atom. The number of nitrogens with one attached hydrogen (secondary N) is 3. The van der Waals surface area contributed by atoms with E-state index in [9.17, 15) is 4.79 Å². The van der Waals surface area contributed by atoms with Gasteiger partial charge in [0.2, 0.25) is 5.91 Å². The van der Waals surface area contributed by atoms with Crippen LogP contribution in [-0.4, -0.2) is 59.5 Å². The zero-order valence-corrected chi connectivity index (χ0v) is 20.5. The highest BCUT2D eigenvalue weighted by molar-refractivity contribution is 5.91. The summed E-state index contributed by atoms with van der Waals surface area (Å²) in [5.74, 6) is 0.741. The molecule has 6 nitrogen and oxygen atoms in total. The summed E-state index contributed by atoms with van der Waals surface area (Å²) in [5.41, 5.74) is 7.48. The van der Waals surface area contributed by atoms with Gasteiger partial charge in [-0.1, -0.05) is 13.0 Å². The number of carbonyl (C=O) groups is 1. The van der Waals surface area contributed by atoms with Crippen molar-refractivity contribution in [3.05, 3.63) is 53.3 Å². The molecular weight excluding hydrogens is 422 g/mol. The third-order valence-electron chi connectivity index (χ3n) is 7.60. The van der Waals surface area contributed by atoms with Gasteiger partial charge in [0.05, 0.1) is 6.54 Å². The molecule has 0 saturated carbocycles. The van der Waals surface area contributed by atoms with Crippen molar-refractivity contribution in [2.24, 2.45) is 0 Å². The predicted octanol–water partition coefficient (Wildman–Crippen LogP) is 4.15. The van der Waals surface area contributed by atoms with E-state index in [1.807, 2.05) is 13.1 Å². The molecule has 0 aliphatic carbocycles. The molecule has 2 aromatic heterocycles. The van der Waals surface area contributed by atoms with Gasteiger partial charge in [-0.25, -0.2) is 0 Å². The van der Waals surface area contributed by atoms with Crippen molar-refractivity contribution in [2.75, 3.05) is 32.7 Å². The van der Waals surface area contributed by atoms with Crippen LogP contribution < -0.4 is 10.6 Å². The maximum Gasteiger partial charge on any atom is 0.234 e. The first kappa shape index (κ1) is 23.1. The van der Waals surface area contributed by atoms with Crippen LogP contribution in [0.3, 0.4) is 0 Å². The van der Waals surface area contributed by atoms with Crippen LogP contribution >= 0.6 is 0 Å². The number of aromatic nitrogens is 2. The van der Waals surface area contributed by atoms with Crippen molar-refractivity contribution in [2.45, 2.75) is 57.9 Å². The molecule has 2 aliphatic rings. The quantitative estimate of drug-likeness (QED) is 0.518. The van der Waals surface area contributed by atoms with Crippen LogP contribution in [-0.2, 0) is 11.2 Å². The molecule has 0 atom stereocenters. The number of fused-ring (bicyclic) bond motifs is 1. The molecule has 6 heteroatoms. The molecule has 0 bridgehead atoms. The van der Waals surface area contributed by atoms with E-state index < -0.39 is 0 Å². The normalized spacial score (nSPS) is 18.4. The Morgan fingerprint density at radius 3 is 2.65 bits per heavy atom. The van der Waals surface area contributed by atoms with Crippen LogP contribution in [0.5, 0.6) is 0 Å². The van der Waals surface area contributed by atoms with Crippen molar-refractivity contribution in [1.29, 1.82) is 0 Å². The number of aromatic amines is 1. The predicted molar refractivity (Wildman–Crippen MR) is 138 cm³/mol. The Labute approximate surface area is 202 Å². The fraction of sp³-hybridized carbons (Fsp3) is 0.500. The van der Waals surface area contributed by atoms with Gasteiger partial charge >= 0.3 is 0 Å². The zero-order chi connectivity index (χ0) is 23.5. The molecule has 180 valence electrons. The number of carbonyl (C=O) groups excluding carboxylic acids is 1. The first-order chi connectivity index (χ1) is 16.6. The van der Waals surface area contributed by atoms with Gasteiger partial charge in [-0.05, 0) is 107 Å². The first-order valence-electron chi connectivity index (χ1n) is 12.9. The SMILES string of the molecule is CCc1c(-c2ccnc(C)c2)[nH]c2ccc(C3CCN(CC(=O)NC4CCNCC4)CC3)cc12. The molecule has 1 amide bonds. The van der Waals surface area contributed by atoms with E-state index in [-0.39, 0.29) is 5.91 Å². The summed E-state index contributed by atoms with van der Waals surface area (Å²) in [4.78, 5) is 22.9. The Morgan fingerprint density at radius 2 is 1.91 bits per heavy atom.